The fourth-order valence-corrected chi connectivity index (χ4v) is 3.74. The molecule has 0 aromatic carbocycles. The van der Waals surface area contributed by atoms with Gasteiger partial charge in [0.25, 0.3) is 0 Å². The van der Waals surface area contributed by atoms with Gasteiger partial charge in [-0.3, -0.25) is 24.0 Å². The van der Waals surface area contributed by atoms with Gasteiger partial charge in [-0.15, -0.1) is 0 Å². The fourth-order valence-electron chi connectivity index (χ4n) is 3.00. The number of thiol groups is 1. The summed E-state index contributed by atoms with van der Waals surface area (Å²) in [6, 6.07) is -6.47. The summed E-state index contributed by atoms with van der Waals surface area (Å²) in [4.78, 5) is 73.5. The monoisotopic (exact) mass is 596 g/mol. The van der Waals surface area contributed by atoms with Crippen LogP contribution >= 0.6 is 24.4 Å². The smallest absolute Gasteiger partial charge is 0.328 e. The van der Waals surface area contributed by atoms with Crippen LogP contribution in [0, 0.1) is 5.92 Å². The molecule has 0 aromatic heterocycles. The molecular weight excluding hydrogens is 556 g/mol. The molecule has 15 nitrogen and oxygen atoms in total. The third-order valence-electron chi connectivity index (χ3n) is 5.33. The molecule has 10 N–H and O–H groups in total. The number of nitrogens with two attached hydrogens (primary N) is 1. The molecule has 5 amide bonds. The predicted molar refractivity (Wildman–Crippen MR) is 147 cm³/mol. The van der Waals surface area contributed by atoms with Crippen molar-refractivity contribution in [2.24, 2.45) is 11.7 Å². The quantitative estimate of drug-likeness (QED) is 0.0686. The van der Waals surface area contributed by atoms with Crippen LogP contribution in [-0.2, 0) is 28.8 Å². The third kappa shape index (κ3) is 13.3. The highest BCUT2D eigenvalue weighted by Gasteiger charge is 2.34. The molecule has 224 valence electrons. The summed E-state index contributed by atoms with van der Waals surface area (Å²) in [5, 5.41) is 39.8. The molecular formula is C22H40N6O9S2. The average Bonchev–Trinajstić information content (AvgIpc) is 2.87. The highest BCUT2D eigenvalue weighted by molar-refractivity contribution is 7.98. The number of aliphatic carboxylic acids is 1. The molecule has 0 bridgehead atoms. The molecule has 39 heavy (non-hydrogen) atoms. The average molecular weight is 597 g/mol. The van der Waals surface area contributed by atoms with Crippen LogP contribution in [0.4, 0.5) is 0 Å². The summed E-state index contributed by atoms with van der Waals surface area (Å²) in [5.41, 5.74) is 5.73. The Morgan fingerprint density at radius 3 is 1.90 bits per heavy atom. The number of carbonyl (C=O) groups is 6. The summed E-state index contributed by atoms with van der Waals surface area (Å²) in [7, 11) is 0. The first kappa shape index (κ1) is 36.4. The lowest BCUT2D eigenvalue weighted by molar-refractivity contribution is -0.143. The maximum absolute atomic E-state index is 12.9. The number of aliphatic hydroxyl groups excluding tert-OH is 2. The number of hydrogen-bond acceptors (Lipinski definition) is 11. The highest BCUT2D eigenvalue weighted by atomic mass is 32.2. The second-order valence-electron chi connectivity index (χ2n) is 8.95. The summed E-state index contributed by atoms with van der Waals surface area (Å²) in [6.45, 7) is 3.01. The lowest BCUT2D eigenvalue weighted by Crippen LogP contribution is -2.61. The van der Waals surface area contributed by atoms with Crippen molar-refractivity contribution in [2.75, 3.05) is 30.9 Å². The van der Waals surface area contributed by atoms with Crippen molar-refractivity contribution >= 4 is 59.9 Å². The maximum Gasteiger partial charge on any atom is 0.328 e. The van der Waals surface area contributed by atoms with Gasteiger partial charge in [-0.1, -0.05) is 13.8 Å². The normalized spacial score (nSPS) is 15.6. The van der Waals surface area contributed by atoms with Crippen LogP contribution < -0.4 is 32.3 Å². The van der Waals surface area contributed by atoms with E-state index in [-0.39, 0.29) is 5.75 Å². The van der Waals surface area contributed by atoms with Crippen molar-refractivity contribution in [3.05, 3.63) is 0 Å². The largest absolute Gasteiger partial charge is 0.480 e. The van der Waals surface area contributed by atoms with Gasteiger partial charge in [0.15, 0.2) is 0 Å². The standard InChI is InChI=1S/C22H40N6O9S2/c1-10(2)16(20(34)26-13(8-29)22(36)37)27-21(35)17(11(3)30)28-19(33)14(9-38)25-15(31)7-24-18(32)12(23)5-6-39-4/h10-14,16-17,29-30,38H,5-9,23H2,1-4H3,(H,24,32)(H,25,31)(H,26,34)(H,27,35)(H,28,33)(H,36,37)/t11-,12+,13+,14+,16+,17+/m1/s1. The Kier molecular flexibility index (Phi) is 17.4. The maximum atomic E-state index is 12.9. The molecule has 0 aliphatic rings. The number of hydrogen-bond donors (Lipinski definition) is 10. The molecule has 0 unspecified atom stereocenters. The number of thioether (sulfide) groups is 1. The summed E-state index contributed by atoms with van der Waals surface area (Å²) in [5.74, 6) is -5.54. The van der Waals surface area contributed by atoms with Crippen LogP contribution in [0.1, 0.15) is 27.2 Å². The van der Waals surface area contributed by atoms with Crippen molar-refractivity contribution < 1.29 is 44.1 Å². The number of rotatable bonds is 18. The SMILES string of the molecule is CSCC[C@H](N)C(=O)NCC(=O)N[C@@H](CS)C(=O)N[C@H](C(=O)N[C@H](C(=O)N[C@@H](CO)C(=O)O)C(C)C)[C@@H](C)O. The zero-order chi connectivity index (χ0) is 30.3. The number of carboxylic acid groups (broad SMARTS) is 1. The highest BCUT2D eigenvalue weighted by Crippen LogP contribution is 2.05. The molecule has 0 saturated heterocycles. The molecule has 0 aliphatic heterocycles. The molecule has 0 aliphatic carbocycles. The molecule has 0 fully saturated rings. The number of nitrogens with one attached hydrogen (secondary N) is 5. The Bertz CT molecular complexity index is 862. The minimum Gasteiger partial charge on any atom is -0.480 e. The summed E-state index contributed by atoms with van der Waals surface area (Å²) >= 11 is 5.55. The molecule has 6 atom stereocenters. The number of carboxylic acids is 1. The van der Waals surface area contributed by atoms with Crippen molar-refractivity contribution in [3.63, 3.8) is 0 Å². The molecule has 0 heterocycles. The van der Waals surface area contributed by atoms with Gasteiger partial charge < -0.3 is 47.6 Å². The zero-order valence-corrected chi connectivity index (χ0v) is 24.0. The topological polar surface area (TPSA) is 249 Å². The Morgan fingerprint density at radius 1 is 0.872 bits per heavy atom. The van der Waals surface area contributed by atoms with E-state index < -0.39 is 90.9 Å². The lowest BCUT2D eigenvalue weighted by Gasteiger charge is -2.28. The van der Waals surface area contributed by atoms with Crippen LogP contribution in [0.5, 0.6) is 0 Å². The second-order valence-corrected chi connectivity index (χ2v) is 10.3. The van der Waals surface area contributed by atoms with Crippen molar-refractivity contribution in [1.82, 2.24) is 26.6 Å². The van der Waals surface area contributed by atoms with E-state index in [1.807, 2.05) is 6.26 Å². The van der Waals surface area contributed by atoms with Crippen molar-refractivity contribution in [2.45, 2.75) is 63.5 Å². The van der Waals surface area contributed by atoms with Crippen LogP contribution in [0.2, 0.25) is 0 Å². The third-order valence-corrected chi connectivity index (χ3v) is 6.34. The Morgan fingerprint density at radius 2 is 1.44 bits per heavy atom. The van der Waals surface area contributed by atoms with Crippen LogP contribution in [-0.4, -0.2) is 118 Å². The van der Waals surface area contributed by atoms with Gasteiger partial charge in [-0.05, 0) is 31.3 Å². The van der Waals surface area contributed by atoms with E-state index >= 15 is 0 Å². The van der Waals surface area contributed by atoms with Crippen molar-refractivity contribution in [3.8, 4) is 0 Å². The Balaban J connectivity index is 5.25. The first-order valence-corrected chi connectivity index (χ1v) is 14.1. The minimum atomic E-state index is -1.60. The second kappa shape index (κ2) is 18.6. The van der Waals surface area contributed by atoms with Crippen LogP contribution in [0.3, 0.4) is 0 Å². The van der Waals surface area contributed by atoms with E-state index in [4.69, 9.17) is 15.9 Å². The van der Waals surface area contributed by atoms with Crippen molar-refractivity contribution in [1.29, 1.82) is 0 Å². The Labute approximate surface area is 236 Å². The summed E-state index contributed by atoms with van der Waals surface area (Å²) in [6.07, 6.45) is 0.842. The first-order valence-electron chi connectivity index (χ1n) is 12.0. The molecule has 17 heteroatoms. The van der Waals surface area contributed by atoms with Gasteiger partial charge in [0.2, 0.25) is 29.5 Å². The van der Waals surface area contributed by atoms with Gasteiger partial charge >= 0.3 is 5.97 Å². The fraction of sp³-hybridized carbons (Fsp3) is 0.727. The van der Waals surface area contributed by atoms with E-state index in [0.29, 0.717) is 12.2 Å². The van der Waals surface area contributed by atoms with E-state index in [1.54, 1.807) is 13.8 Å². The van der Waals surface area contributed by atoms with E-state index in [9.17, 15) is 33.9 Å². The minimum absolute atomic E-state index is 0.193. The molecule has 0 saturated carbocycles. The summed E-state index contributed by atoms with van der Waals surface area (Å²) < 4.78 is 0. The van der Waals surface area contributed by atoms with E-state index in [0.717, 1.165) is 0 Å². The van der Waals surface area contributed by atoms with Gasteiger partial charge in [-0.2, -0.15) is 24.4 Å². The molecule has 0 radical (unpaired) electrons. The van der Waals surface area contributed by atoms with E-state index in [1.165, 1.54) is 18.7 Å². The van der Waals surface area contributed by atoms with Gasteiger partial charge in [0, 0.05) is 5.75 Å². The van der Waals surface area contributed by atoms with E-state index in [2.05, 4.69) is 39.2 Å². The lowest BCUT2D eigenvalue weighted by atomic mass is 10.0. The first-order chi connectivity index (χ1) is 18.2. The zero-order valence-electron chi connectivity index (χ0n) is 22.3. The predicted octanol–water partition coefficient (Wildman–Crippen LogP) is -3.83. The van der Waals surface area contributed by atoms with Crippen LogP contribution in [0.15, 0.2) is 0 Å². The van der Waals surface area contributed by atoms with Gasteiger partial charge in [0.05, 0.1) is 25.3 Å². The Hall–Kier alpha value is -2.60. The number of carbonyl (C=O) groups excluding carboxylic acids is 5. The molecule has 0 rings (SSSR count). The van der Waals surface area contributed by atoms with Crippen LogP contribution in [0.25, 0.3) is 0 Å². The number of amides is 5. The van der Waals surface area contributed by atoms with Gasteiger partial charge in [-0.25, -0.2) is 4.79 Å². The molecule has 0 aromatic rings. The number of aliphatic hydroxyl groups is 2. The molecule has 0 spiro atoms. The van der Waals surface area contributed by atoms with Gasteiger partial charge in [0.1, 0.15) is 24.2 Å².